The predicted molar refractivity (Wildman–Crippen MR) is 575 cm³/mol. The maximum Gasteiger partial charge on any atom is 0.245 e. The zero-order chi connectivity index (χ0) is 103. The summed E-state index contributed by atoms with van der Waals surface area (Å²) in [7, 11) is 5.40. The third kappa shape index (κ3) is 29.1. The van der Waals surface area contributed by atoms with Gasteiger partial charge in [0.05, 0.1) is 35.4 Å². The first-order chi connectivity index (χ1) is 68.1. The summed E-state index contributed by atoms with van der Waals surface area (Å²) >= 11 is 0. The lowest BCUT2D eigenvalue weighted by molar-refractivity contribution is -0.146. The first-order valence-corrected chi connectivity index (χ1v) is 56.5. The zero-order valence-corrected chi connectivity index (χ0v) is 91.8. The lowest BCUT2D eigenvalue weighted by Crippen LogP contribution is -2.62. The third-order valence-corrected chi connectivity index (χ3v) is 36.0. The highest BCUT2D eigenvalue weighted by atomic mass is 16.5. The van der Waals surface area contributed by atoms with E-state index >= 15 is 0 Å². The second kappa shape index (κ2) is 55.0. The number of likely N-dealkylation sites (tertiary alicyclic amines) is 6. The highest BCUT2D eigenvalue weighted by molar-refractivity contribution is 5.92. The number of nitrogens with one attached hydrogen (secondary N) is 5. The van der Waals surface area contributed by atoms with Crippen molar-refractivity contribution in [3.8, 4) is 0 Å². The number of rotatable bonds is 41. The van der Waals surface area contributed by atoms with Gasteiger partial charge in [-0.25, -0.2) is 0 Å². The molecule has 23 heteroatoms. The monoisotopic (exact) mass is 1960 g/mol. The van der Waals surface area contributed by atoms with E-state index in [-0.39, 0.29) is 153 Å². The van der Waals surface area contributed by atoms with Crippen LogP contribution in [0.4, 0.5) is 0 Å². The van der Waals surface area contributed by atoms with Gasteiger partial charge < -0.3 is 55.7 Å². The van der Waals surface area contributed by atoms with Crippen molar-refractivity contribution in [1.29, 1.82) is 0 Å². The van der Waals surface area contributed by atoms with Gasteiger partial charge in [-0.1, -0.05) is 244 Å². The SMILES string of the molecule is CCCCN(C[C@@H]1CCCN1C(=O)[C@@H](NC(=O)[C@H](C)NC)C1CCCCC1)C1CCc2ccccc21.CCCO[C@H]1CN(CCc2ccccc2)C[C@@]2(C)N(C(=O)[C@@H](NC(=O)[C@H](C)CC)C(C)C)CC[C@@]2(C)C1.CC[C@@H](C)C(=O)NC(C(=O)N1CCC[C@H]1CN(CC)C1CCc2ccccc21)C1CCCCC1.CN[C@@H](C)C(=O)C[C@H](C(=O)N1CC[C@@]2(C)C[C@@H](OC)CN(CCc3ccccc3)C[C@@]12C)C(C)C. The van der Waals surface area contributed by atoms with Crippen LogP contribution in [-0.4, -0.2) is 271 Å². The second-order valence-corrected chi connectivity index (χ2v) is 46.1. The lowest BCUT2D eigenvalue weighted by atomic mass is 9.69. The van der Waals surface area contributed by atoms with Crippen molar-refractivity contribution in [2.24, 2.45) is 52.3 Å². The number of likely N-dealkylation sites (N-methyl/N-ethyl adjacent to an activating group) is 3. The van der Waals surface area contributed by atoms with Crippen molar-refractivity contribution in [2.75, 3.05) is 119 Å². The third-order valence-electron chi connectivity index (χ3n) is 36.0. The van der Waals surface area contributed by atoms with Crippen molar-refractivity contribution in [3.05, 3.63) is 143 Å². The van der Waals surface area contributed by atoms with Gasteiger partial charge in [0.15, 0.2) is 0 Å². The molecule has 6 heterocycles. The fourth-order valence-electron chi connectivity index (χ4n) is 25.5. The summed E-state index contributed by atoms with van der Waals surface area (Å²) < 4.78 is 12.3. The van der Waals surface area contributed by atoms with E-state index < -0.39 is 12.1 Å². The number of hydrogen-bond acceptors (Lipinski definition) is 16. The number of Topliss-reactive ketones (excluding diaryl/α,β-unsaturated/α-hetero) is 1. The van der Waals surface area contributed by atoms with Crippen molar-refractivity contribution < 1.29 is 47.8 Å². The molecule has 3 unspecified atom stereocenters. The molecule has 14 rings (SSSR count). The summed E-state index contributed by atoms with van der Waals surface area (Å²) in [6.07, 6.45) is 31.5. The van der Waals surface area contributed by atoms with Crippen LogP contribution in [0.5, 0.6) is 0 Å². The summed E-state index contributed by atoms with van der Waals surface area (Å²) in [5.41, 5.74) is 7.86. The summed E-state index contributed by atoms with van der Waals surface area (Å²) in [5, 5.41) is 15.6. The zero-order valence-electron chi connectivity index (χ0n) is 91.8. The van der Waals surface area contributed by atoms with Gasteiger partial charge in [-0.05, 0) is 264 Å². The Morgan fingerprint density at radius 1 is 0.465 bits per heavy atom. The van der Waals surface area contributed by atoms with Crippen LogP contribution in [-0.2, 0) is 73.5 Å². The molecule has 792 valence electrons. The van der Waals surface area contributed by atoms with E-state index in [1.165, 1.54) is 84.7 Å². The van der Waals surface area contributed by atoms with E-state index in [9.17, 15) is 38.4 Å². The van der Waals surface area contributed by atoms with Gasteiger partial charge in [0.25, 0.3) is 0 Å². The topological polar surface area (TPSA) is 241 Å². The smallest absolute Gasteiger partial charge is 0.245 e. The number of benzene rings is 4. The molecule has 10 aliphatic rings. The molecule has 5 N–H and O–H groups in total. The van der Waals surface area contributed by atoms with Gasteiger partial charge in [0.1, 0.15) is 23.9 Å². The molecular weight excluding hydrogens is 1770 g/mol. The highest BCUT2D eigenvalue weighted by Gasteiger charge is 2.61. The maximum absolute atomic E-state index is 14.1. The average Bonchev–Trinajstić information content (AvgIpc) is 1.58. The molecule has 0 spiro atoms. The van der Waals surface area contributed by atoms with Gasteiger partial charge in [0, 0.05) is 141 Å². The van der Waals surface area contributed by atoms with Crippen LogP contribution >= 0.6 is 0 Å². The molecule has 23 nitrogen and oxygen atoms in total. The van der Waals surface area contributed by atoms with E-state index in [1.807, 2.05) is 62.5 Å². The number of carbonyl (C=O) groups excluding carboxylic acids is 8. The van der Waals surface area contributed by atoms with Gasteiger partial charge >= 0.3 is 0 Å². The van der Waals surface area contributed by atoms with Crippen molar-refractivity contribution in [3.63, 3.8) is 0 Å². The molecule has 4 aliphatic carbocycles. The van der Waals surface area contributed by atoms with E-state index in [1.54, 1.807) is 14.1 Å². The highest BCUT2D eigenvalue weighted by Crippen LogP contribution is 2.54. The Bertz CT molecular complexity index is 4590. The number of methoxy groups -OCH3 is 1. The van der Waals surface area contributed by atoms with Crippen LogP contribution in [0, 0.1) is 52.3 Å². The largest absolute Gasteiger partial charge is 0.380 e. The Hall–Kier alpha value is -7.48. The summed E-state index contributed by atoms with van der Waals surface area (Å²) in [5.74, 6) is 0.806. The number of hydrogen-bond donors (Lipinski definition) is 5. The number of carbonyl (C=O) groups is 8. The molecule has 18 atom stereocenters. The van der Waals surface area contributed by atoms with Crippen LogP contribution in [0.3, 0.4) is 0 Å². The normalized spacial score (nSPS) is 26.5. The Kier molecular flexibility index (Phi) is 44.5. The number of ketones is 1. The molecule has 4 aromatic rings. The Morgan fingerprint density at radius 3 is 1.36 bits per heavy atom. The van der Waals surface area contributed by atoms with E-state index in [4.69, 9.17) is 9.47 Å². The molecule has 6 aliphatic heterocycles. The van der Waals surface area contributed by atoms with Crippen LogP contribution in [0.2, 0.25) is 0 Å². The van der Waals surface area contributed by atoms with Gasteiger partial charge in [0.2, 0.25) is 41.4 Å². The van der Waals surface area contributed by atoms with Gasteiger partial charge in [-0.2, -0.15) is 0 Å². The number of aryl methyl sites for hydroxylation is 2. The molecule has 0 radical (unpaired) electrons. The number of ether oxygens (including phenoxy) is 2. The lowest BCUT2D eigenvalue weighted by Gasteiger charge is -2.47. The van der Waals surface area contributed by atoms with Gasteiger partial charge in [-0.3, -0.25) is 58.0 Å². The molecule has 6 saturated heterocycles. The standard InChI is InChI=1S/C31H51N3O3.C30H48N4O2.C29H47N3O3.C29H45N3O2/c1-8-19-37-26-20-30(6)16-18-34(29(36)27(23(3)4)32-28(35)24(5)9-2)31(30,7)22-33(21-26)17-15-25-13-11-10-12-14-25;1-4-5-19-33(27-18-17-23-12-9-10-16-26(23)27)21-25-15-11-20-34(25)30(36)28(24-13-7-6-8-14-24)32-29(35)22(2)31-3;1-21(2)25(17-26(33)22(3)30-6)27(34)32-16-14-28(4)18-24(35-7)19-31(20-29(28,32)5)15-13-23-11-9-8-10-12-23;1-4-21(3)28(33)30-27(23-13-7-6-8-14-23)29(34)32-19-11-15-24(32)20-31(5-2)26-18-17-22-12-9-10-16-25(22)26/h10-14,23-24,26-27H,8-9,15-22H2,1-7H3,(H,32,35);9-10,12,16,22,24-25,27-28,31H,4-8,11,13-15,17-21H2,1-3H3,(H,32,35);8-12,21-22,24-25,30H,13-20H2,1-7H3;9-10,12,16,21,23-24,26-27H,4-8,11,13-15,17-20H2,1-3H3,(H,30,33)/t24-,26-,27+,30+,31-;22-,25-,27?,28-;22-,24+,25-,28-,29+;21-,24+,26?,27?/m1001/s1. The molecule has 4 aromatic carbocycles. The maximum atomic E-state index is 14.1. The van der Waals surface area contributed by atoms with Crippen LogP contribution < -0.4 is 26.6 Å². The minimum absolute atomic E-state index is 0.0246. The van der Waals surface area contributed by atoms with E-state index in [2.05, 4.69) is 237 Å². The molecule has 7 amide bonds. The van der Waals surface area contributed by atoms with Crippen molar-refractivity contribution in [1.82, 2.24) is 65.8 Å². The van der Waals surface area contributed by atoms with Crippen LogP contribution in [0.1, 0.15) is 330 Å². The summed E-state index contributed by atoms with van der Waals surface area (Å²) in [6.45, 7) is 48.9. The second-order valence-electron chi connectivity index (χ2n) is 46.1. The van der Waals surface area contributed by atoms with E-state index in [0.29, 0.717) is 18.5 Å². The quantitative estimate of drug-likeness (QED) is 0.0277. The Morgan fingerprint density at radius 2 is 0.908 bits per heavy atom. The summed E-state index contributed by atoms with van der Waals surface area (Å²) in [6, 6.07) is 38.6. The van der Waals surface area contributed by atoms with Crippen molar-refractivity contribution >= 4 is 47.1 Å². The summed E-state index contributed by atoms with van der Waals surface area (Å²) in [4.78, 5) is 126. The van der Waals surface area contributed by atoms with Crippen LogP contribution in [0.15, 0.2) is 109 Å². The molecule has 8 fully saturated rings. The first kappa shape index (κ1) is 115. The minimum Gasteiger partial charge on any atom is -0.380 e. The Balaban J connectivity index is 0.000000181. The average molecular weight is 1960 g/mol. The predicted octanol–water partition coefficient (Wildman–Crippen LogP) is 18.2. The molecule has 0 bridgehead atoms. The molecule has 142 heavy (non-hydrogen) atoms. The fraction of sp³-hybridized carbons (Fsp3) is 0.731. The van der Waals surface area contributed by atoms with Crippen molar-refractivity contribution in [2.45, 2.75) is 388 Å². The number of amides is 7. The fourth-order valence-corrected chi connectivity index (χ4v) is 25.5. The van der Waals surface area contributed by atoms with Crippen LogP contribution in [0.25, 0.3) is 0 Å². The Labute approximate surface area is 858 Å². The molecule has 0 aromatic heterocycles. The van der Waals surface area contributed by atoms with Gasteiger partial charge in [-0.15, -0.1) is 0 Å². The minimum atomic E-state index is -0.506. The number of unbranched alkanes of at least 4 members (excludes halogenated alkanes) is 1. The molecular formula is C119H191N13O10. The van der Waals surface area contributed by atoms with E-state index in [0.717, 1.165) is 233 Å². The first-order valence-electron chi connectivity index (χ1n) is 56.5. The number of nitrogens with zero attached hydrogens (tertiary/aromatic N) is 8. The number of fused-ring (bicyclic) bond motifs is 4. The molecule has 2 saturated carbocycles.